The van der Waals surface area contributed by atoms with Gasteiger partial charge in [0.1, 0.15) is 0 Å². The summed E-state index contributed by atoms with van der Waals surface area (Å²) in [6.45, 7) is -0.00466. The van der Waals surface area contributed by atoms with Crippen LogP contribution in [0, 0.1) is 10.1 Å². The van der Waals surface area contributed by atoms with Crippen molar-refractivity contribution in [1.29, 1.82) is 0 Å². The number of rotatable bonds is 5. The first-order valence-corrected chi connectivity index (χ1v) is 8.39. The first-order chi connectivity index (χ1) is 12.9. The Labute approximate surface area is 163 Å². The largest absolute Gasteiger partial charge is 0.337 e. The highest BCUT2D eigenvalue weighted by Crippen LogP contribution is 2.26. The summed E-state index contributed by atoms with van der Waals surface area (Å²) in [5, 5.41) is 15.4. The third-order valence-corrected chi connectivity index (χ3v) is 4.35. The molecule has 0 aliphatic carbocycles. The minimum atomic E-state index is -0.596. The molecular formula is C17H12Cl2N4O4. The van der Waals surface area contributed by atoms with E-state index in [0.717, 1.165) is 6.07 Å². The molecule has 0 fully saturated rings. The first-order valence-electron chi connectivity index (χ1n) is 7.63. The smallest absolute Gasteiger partial charge is 0.270 e. The van der Waals surface area contributed by atoms with Crippen LogP contribution in [0.2, 0.25) is 10.0 Å². The zero-order valence-electron chi connectivity index (χ0n) is 13.9. The van der Waals surface area contributed by atoms with Crippen LogP contribution in [0.5, 0.6) is 0 Å². The quantitative estimate of drug-likeness (QED) is 0.464. The molecule has 0 radical (unpaired) electrons. The Morgan fingerprint density at radius 2 is 1.96 bits per heavy atom. The van der Waals surface area contributed by atoms with Gasteiger partial charge in [-0.05, 0) is 18.2 Å². The van der Waals surface area contributed by atoms with Gasteiger partial charge in [-0.2, -0.15) is 4.98 Å². The number of nitro benzene ring substituents is 1. The van der Waals surface area contributed by atoms with E-state index in [1.165, 1.54) is 24.1 Å². The van der Waals surface area contributed by atoms with Crippen molar-refractivity contribution in [2.45, 2.75) is 6.54 Å². The predicted molar refractivity (Wildman–Crippen MR) is 98.6 cm³/mol. The summed E-state index contributed by atoms with van der Waals surface area (Å²) in [4.78, 5) is 28.4. The number of hydrogen-bond donors (Lipinski definition) is 0. The molecule has 3 aromatic rings. The van der Waals surface area contributed by atoms with Gasteiger partial charge < -0.3 is 9.42 Å². The van der Waals surface area contributed by atoms with Crippen LogP contribution in [-0.2, 0) is 6.54 Å². The molecule has 0 saturated heterocycles. The highest BCUT2D eigenvalue weighted by atomic mass is 35.5. The van der Waals surface area contributed by atoms with Crippen molar-refractivity contribution in [2.75, 3.05) is 7.05 Å². The highest BCUT2D eigenvalue weighted by Gasteiger charge is 2.21. The van der Waals surface area contributed by atoms with E-state index in [4.69, 9.17) is 27.7 Å². The summed E-state index contributed by atoms with van der Waals surface area (Å²) in [7, 11) is 1.50. The number of nitrogens with zero attached hydrogens (tertiary/aromatic N) is 4. The lowest BCUT2D eigenvalue weighted by molar-refractivity contribution is -0.384. The van der Waals surface area contributed by atoms with E-state index < -0.39 is 10.8 Å². The summed E-state index contributed by atoms with van der Waals surface area (Å²) < 4.78 is 5.17. The van der Waals surface area contributed by atoms with Gasteiger partial charge in [-0.1, -0.05) is 40.5 Å². The number of amides is 1. The number of carbonyl (C=O) groups is 1. The van der Waals surface area contributed by atoms with Gasteiger partial charge in [-0.25, -0.2) is 0 Å². The van der Waals surface area contributed by atoms with E-state index in [2.05, 4.69) is 10.1 Å². The number of hydrogen-bond acceptors (Lipinski definition) is 6. The molecule has 1 heterocycles. The monoisotopic (exact) mass is 406 g/mol. The number of halogens is 2. The van der Waals surface area contributed by atoms with Crippen molar-refractivity contribution >= 4 is 34.8 Å². The van der Waals surface area contributed by atoms with Crippen LogP contribution in [0.1, 0.15) is 16.2 Å². The second kappa shape index (κ2) is 7.73. The van der Waals surface area contributed by atoms with Gasteiger partial charge in [0.05, 0.1) is 27.1 Å². The molecule has 0 bridgehead atoms. The van der Waals surface area contributed by atoms with E-state index in [1.807, 2.05) is 0 Å². The Balaban J connectivity index is 1.79. The van der Waals surface area contributed by atoms with Crippen LogP contribution < -0.4 is 0 Å². The van der Waals surface area contributed by atoms with E-state index in [1.54, 1.807) is 24.3 Å². The molecule has 0 saturated carbocycles. The molecule has 1 amide bonds. The van der Waals surface area contributed by atoms with Crippen molar-refractivity contribution < 1.29 is 14.2 Å². The van der Waals surface area contributed by atoms with E-state index in [-0.39, 0.29) is 28.7 Å². The molecule has 0 spiro atoms. The highest BCUT2D eigenvalue weighted by molar-refractivity contribution is 6.34. The lowest BCUT2D eigenvalue weighted by Gasteiger charge is -2.15. The minimum Gasteiger partial charge on any atom is -0.337 e. The number of carbonyl (C=O) groups excluding carboxylic acids is 1. The zero-order chi connectivity index (χ0) is 19.6. The Hall–Kier alpha value is -2.97. The van der Waals surface area contributed by atoms with E-state index >= 15 is 0 Å². The molecule has 0 N–H and O–H groups in total. The van der Waals surface area contributed by atoms with Gasteiger partial charge in [-0.15, -0.1) is 0 Å². The van der Waals surface area contributed by atoms with Gasteiger partial charge in [0.15, 0.2) is 0 Å². The predicted octanol–water partition coefficient (Wildman–Crippen LogP) is 4.22. The standard InChI is InChI=1S/C17H12Cl2N4O4/c1-22(17(24)12-8-10(23(25)26)6-7-14(12)19)9-15-20-16(21-27-15)11-4-2-3-5-13(11)18/h2-8H,9H2,1H3. The number of benzene rings is 2. The lowest BCUT2D eigenvalue weighted by atomic mass is 10.1. The second-order valence-electron chi connectivity index (χ2n) is 5.57. The van der Waals surface area contributed by atoms with E-state index in [0.29, 0.717) is 16.4 Å². The molecule has 1 aromatic heterocycles. The number of non-ortho nitro benzene ring substituents is 1. The molecule has 0 aliphatic rings. The average molecular weight is 407 g/mol. The Morgan fingerprint density at radius 3 is 2.67 bits per heavy atom. The van der Waals surface area contributed by atoms with Gasteiger partial charge in [-0.3, -0.25) is 14.9 Å². The Morgan fingerprint density at radius 1 is 1.22 bits per heavy atom. The van der Waals surface area contributed by atoms with Crippen LogP contribution in [0.4, 0.5) is 5.69 Å². The van der Waals surface area contributed by atoms with Gasteiger partial charge in [0.25, 0.3) is 11.6 Å². The molecule has 0 aliphatic heterocycles. The summed E-state index contributed by atoms with van der Waals surface area (Å²) in [5.41, 5.74) is 0.388. The van der Waals surface area contributed by atoms with Gasteiger partial charge >= 0.3 is 0 Å². The van der Waals surface area contributed by atoms with Crippen LogP contribution >= 0.6 is 23.2 Å². The second-order valence-corrected chi connectivity index (χ2v) is 6.39. The summed E-state index contributed by atoms with van der Waals surface area (Å²) in [6, 6.07) is 10.7. The SMILES string of the molecule is CN(Cc1nc(-c2ccccc2Cl)no1)C(=O)c1cc([N+](=O)[O-])ccc1Cl. The van der Waals surface area contributed by atoms with Crippen LogP contribution in [0.3, 0.4) is 0 Å². The maximum atomic E-state index is 12.6. The van der Waals surface area contributed by atoms with Crippen LogP contribution in [-0.4, -0.2) is 32.9 Å². The molecule has 8 nitrogen and oxygen atoms in total. The van der Waals surface area contributed by atoms with Crippen molar-refractivity contribution in [3.05, 3.63) is 74.1 Å². The minimum absolute atomic E-state index is 0.00466. The average Bonchev–Trinajstić information content (AvgIpc) is 3.09. The van der Waals surface area contributed by atoms with Crippen molar-refractivity contribution in [2.24, 2.45) is 0 Å². The number of nitro groups is 1. The molecule has 138 valence electrons. The van der Waals surface area contributed by atoms with Crippen molar-refractivity contribution in [1.82, 2.24) is 15.0 Å². The third-order valence-electron chi connectivity index (χ3n) is 3.69. The molecule has 0 unspecified atom stereocenters. The molecule has 3 rings (SSSR count). The summed E-state index contributed by atoms with van der Waals surface area (Å²) in [6.07, 6.45) is 0. The molecule has 10 heteroatoms. The topological polar surface area (TPSA) is 102 Å². The fourth-order valence-corrected chi connectivity index (χ4v) is 2.76. The Kier molecular flexibility index (Phi) is 5.38. The van der Waals surface area contributed by atoms with Crippen LogP contribution in [0.25, 0.3) is 11.4 Å². The zero-order valence-corrected chi connectivity index (χ0v) is 15.4. The maximum Gasteiger partial charge on any atom is 0.270 e. The fraction of sp³-hybridized carbons (Fsp3) is 0.118. The maximum absolute atomic E-state index is 12.6. The van der Waals surface area contributed by atoms with Crippen molar-refractivity contribution in [3.63, 3.8) is 0 Å². The molecule has 27 heavy (non-hydrogen) atoms. The fourth-order valence-electron chi connectivity index (χ4n) is 2.34. The summed E-state index contributed by atoms with van der Waals surface area (Å²) in [5.74, 6) is -0.0339. The summed E-state index contributed by atoms with van der Waals surface area (Å²) >= 11 is 12.1. The van der Waals surface area contributed by atoms with Gasteiger partial charge in [0.2, 0.25) is 11.7 Å². The normalized spacial score (nSPS) is 10.6. The molecular weight excluding hydrogens is 395 g/mol. The van der Waals surface area contributed by atoms with E-state index in [9.17, 15) is 14.9 Å². The molecule has 2 aromatic carbocycles. The number of aromatic nitrogens is 2. The molecule has 0 atom stereocenters. The van der Waals surface area contributed by atoms with Gasteiger partial charge in [0, 0.05) is 24.7 Å². The lowest BCUT2D eigenvalue weighted by Crippen LogP contribution is -2.26. The van der Waals surface area contributed by atoms with Crippen molar-refractivity contribution in [3.8, 4) is 11.4 Å². The Bertz CT molecular complexity index is 1020. The van der Waals surface area contributed by atoms with Crippen LogP contribution in [0.15, 0.2) is 47.0 Å². The third kappa shape index (κ3) is 4.07. The first kappa shape index (κ1) is 18.8.